The first-order chi connectivity index (χ1) is 9.61. The largest absolute Gasteiger partial charge is 0.394 e. The fraction of sp³-hybridized carbons (Fsp3) is 0.583. The van der Waals surface area contributed by atoms with Crippen LogP contribution >= 0.6 is 0 Å². The molecule has 1 aliphatic heterocycles. The Morgan fingerprint density at radius 1 is 1.40 bits per heavy atom. The van der Waals surface area contributed by atoms with E-state index in [4.69, 9.17) is 9.84 Å². The van der Waals surface area contributed by atoms with Crippen molar-refractivity contribution in [1.82, 2.24) is 19.5 Å². The van der Waals surface area contributed by atoms with E-state index in [1.807, 2.05) is 19.0 Å². The van der Waals surface area contributed by atoms with Gasteiger partial charge in [0, 0.05) is 20.5 Å². The van der Waals surface area contributed by atoms with Crippen LogP contribution < -0.4 is 4.90 Å². The maximum absolute atomic E-state index is 10.1. The maximum Gasteiger partial charge on any atom is 0.167 e. The highest BCUT2D eigenvalue weighted by molar-refractivity contribution is 5.83. The van der Waals surface area contributed by atoms with Crippen LogP contribution in [0.15, 0.2) is 12.7 Å². The van der Waals surface area contributed by atoms with Crippen molar-refractivity contribution in [3.63, 3.8) is 0 Å². The minimum absolute atomic E-state index is 0.113. The maximum atomic E-state index is 10.1. The molecule has 0 spiro atoms. The van der Waals surface area contributed by atoms with Gasteiger partial charge in [0.25, 0.3) is 0 Å². The van der Waals surface area contributed by atoms with Gasteiger partial charge in [0.2, 0.25) is 0 Å². The Balaban J connectivity index is 2.03. The predicted molar refractivity (Wildman–Crippen MR) is 71.3 cm³/mol. The minimum atomic E-state index is -0.692. The van der Waals surface area contributed by atoms with Gasteiger partial charge in [0.05, 0.1) is 19.0 Å². The molecule has 0 amide bonds. The summed E-state index contributed by atoms with van der Waals surface area (Å²) in [6, 6.07) is 0. The lowest BCUT2D eigenvalue weighted by atomic mass is 10.2. The first-order valence-corrected chi connectivity index (χ1v) is 6.41. The molecule has 3 atom stereocenters. The van der Waals surface area contributed by atoms with Gasteiger partial charge in [-0.3, -0.25) is 4.57 Å². The molecule has 2 aromatic rings. The van der Waals surface area contributed by atoms with Crippen LogP contribution in [0.4, 0.5) is 5.82 Å². The Morgan fingerprint density at radius 3 is 2.85 bits per heavy atom. The SMILES string of the molecule is CN(C)c1ncnc2c1ncn2C1OC(CO)CC1O. The van der Waals surface area contributed by atoms with E-state index in [0.29, 0.717) is 23.4 Å². The summed E-state index contributed by atoms with van der Waals surface area (Å²) < 4.78 is 7.31. The summed E-state index contributed by atoms with van der Waals surface area (Å²) in [4.78, 5) is 14.6. The van der Waals surface area contributed by atoms with E-state index in [-0.39, 0.29) is 12.7 Å². The molecule has 1 aliphatic rings. The van der Waals surface area contributed by atoms with Gasteiger partial charge in [-0.1, -0.05) is 0 Å². The van der Waals surface area contributed by atoms with Crippen LogP contribution in [-0.2, 0) is 4.74 Å². The molecule has 2 N–H and O–H groups in total. The van der Waals surface area contributed by atoms with Crippen molar-refractivity contribution >= 4 is 17.0 Å². The van der Waals surface area contributed by atoms with Gasteiger partial charge in [-0.2, -0.15) is 0 Å². The predicted octanol–water partition coefficient (Wildman–Crippen LogP) is -0.467. The number of imidazole rings is 1. The van der Waals surface area contributed by atoms with Crippen LogP contribution in [0, 0.1) is 0 Å². The zero-order chi connectivity index (χ0) is 14.3. The quantitative estimate of drug-likeness (QED) is 0.784. The molecular formula is C12H17N5O3. The Kier molecular flexibility index (Phi) is 3.28. The minimum Gasteiger partial charge on any atom is -0.394 e. The lowest BCUT2D eigenvalue weighted by Gasteiger charge is -2.17. The fourth-order valence-corrected chi connectivity index (χ4v) is 2.45. The summed E-state index contributed by atoms with van der Waals surface area (Å²) in [7, 11) is 3.76. The van der Waals surface area contributed by atoms with Gasteiger partial charge in [0.1, 0.15) is 12.4 Å². The Morgan fingerprint density at radius 2 is 2.20 bits per heavy atom. The van der Waals surface area contributed by atoms with Crippen molar-refractivity contribution in [2.45, 2.75) is 24.9 Å². The monoisotopic (exact) mass is 279 g/mol. The van der Waals surface area contributed by atoms with Crippen LogP contribution in [0.5, 0.6) is 0 Å². The second kappa shape index (κ2) is 4.97. The number of fused-ring (bicyclic) bond motifs is 1. The topological polar surface area (TPSA) is 96.5 Å². The molecule has 3 rings (SSSR count). The molecule has 0 bridgehead atoms. The van der Waals surface area contributed by atoms with Gasteiger partial charge in [-0.05, 0) is 0 Å². The van der Waals surface area contributed by atoms with E-state index in [1.165, 1.54) is 6.33 Å². The highest BCUT2D eigenvalue weighted by Crippen LogP contribution is 2.31. The van der Waals surface area contributed by atoms with Crippen molar-refractivity contribution in [3.05, 3.63) is 12.7 Å². The summed E-state index contributed by atoms with van der Waals surface area (Å²) in [6.07, 6.45) is 1.81. The number of anilines is 1. The summed E-state index contributed by atoms with van der Waals surface area (Å²) in [5, 5.41) is 19.2. The standard InChI is InChI=1S/C12H17N5O3/c1-16(2)10-9-11(14-5-13-10)17(6-15-9)12-8(19)3-7(4-18)20-12/h5-8,12,18-19H,3-4H2,1-2H3. The van der Waals surface area contributed by atoms with Crippen LogP contribution in [0.2, 0.25) is 0 Å². The molecule has 20 heavy (non-hydrogen) atoms. The smallest absolute Gasteiger partial charge is 0.167 e. The third kappa shape index (κ3) is 2.01. The number of aliphatic hydroxyl groups excluding tert-OH is 2. The summed E-state index contributed by atoms with van der Waals surface area (Å²) in [6.45, 7) is -0.113. The first kappa shape index (κ1) is 13.2. The molecule has 0 radical (unpaired) electrons. The molecule has 3 unspecified atom stereocenters. The molecule has 108 valence electrons. The average molecular weight is 279 g/mol. The molecule has 0 aromatic carbocycles. The first-order valence-electron chi connectivity index (χ1n) is 6.41. The zero-order valence-electron chi connectivity index (χ0n) is 11.3. The second-order valence-corrected chi connectivity index (χ2v) is 5.05. The average Bonchev–Trinajstić information content (AvgIpc) is 3.01. The van der Waals surface area contributed by atoms with Gasteiger partial charge in [-0.25, -0.2) is 15.0 Å². The zero-order valence-corrected chi connectivity index (χ0v) is 11.3. The normalized spacial score (nSPS) is 26.3. The lowest BCUT2D eigenvalue weighted by Crippen LogP contribution is -2.19. The van der Waals surface area contributed by atoms with Crippen molar-refractivity contribution < 1.29 is 14.9 Å². The van der Waals surface area contributed by atoms with Crippen molar-refractivity contribution in [2.24, 2.45) is 0 Å². The molecule has 0 aliphatic carbocycles. The number of ether oxygens (including phenoxy) is 1. The molecule has 3 heterocycles. The van der Waals surface area contributed by atoms with Gasteiger partial charge >= 0.3 is 0 Å². The summed E-state index contributed by atoms with van der Waals surface area (Å²) >= 11 is 0. The molecule has 8 heteroatoms. The number of rotatable bonds is 3. The van der Waals surface area contributed by atoms with Crippen molar-refractivity contribution in [2.75, 3.05) is 25.6 Å². The number of hydrogen-bond acceptors (Lipinski definition) is 7. The van der Waals surface area contributed by atoms with Crippen LogP contribution in [0.25, 0.3) is 11.2 Å². The van der Waals surface area contributed by atoms with Crippen LogP contribution in [0.3, 0.4) is 0 Å². The third-order valence-electron chi connectivity index (χ3n) is 3.41. The van der Waals surface area contributed by atoms with Crippen molar-refractivity contribution in [3.8, 4) is 0 Å². The highest BCUT2D eigenvalue weighted by Gasteiger charge is 2.36. The Bertz CT molecular complexity index is 614. The fourth-order valence-electron chi connectivity index (χ4n) is 2.45. The van der Waals surface area contributed by atoms with Crippen molar-refractivity contribution in [1.29, 1.82) is 0 Å². The number of aromatic nitrogens is 4. The molecule has 1 saturated heterocycles. The van der Waals surface area contributed by atoms with E-state index >= 15 is 0 Å². The summed E-state index contributed by atoms with van der Waals surface area (Å²) in [5.41, 5.74) is 1.26. The highest BCUT2D eigenvalue weighted by atomic mass is 16.5. The van der Waals surface area contributed by atoms with E-state index in [2.05, 4.69) is 15.0 Å². The Labute approximate surface area is 115 Å². The van der Waals surface area contributed by atoms with Crippen LogP contribution in [0.1, 0.15) is 12.6 Å². The van der Waals surface area contributed by atoms with Gasteiger partial charge in [-0.15, -0.1) is 0 Å². The third-order valence-corrected chi connectivity index (χ3v) is 3.41. The number of nitrogens with zero attached hydrogens (tertiary/aromatic N) is 5. The van der Waals surface area contributed by atoms with Gasteiger partial charge in [0.15, 0.2) is 23.2 Å². The van der Waals surface area contributed by atoms with E-state index in [0.717, 1.165) is 0 Å². The van der Waals surface area contributed by atoms with Gasteiger partial charge < -0.3 is 19.8 Å². The van der Waals surface area contributed by atoms with Crippen LogP contribution in [-0.4, -0.2) is 62.6 Å². The number of aliphatic hydroxyl groups is 2. The summed E-state index contributed by atoms with van der Waals surface area (Å²) in [5.74, 6) is 0.708. The molecule has 8 nitrogen and oxygen atoms in total. The lowest BCUT2D eigenvalue weighted by molar-refractivity contribution is -0.0486. The Hall–Kier alpha value is -1.77. The molecule has 2 aromatic heterocycles. The molecular weight excluding hydrogens is 262 g/mol. The number of hydrogen-bond donors (Lipinski definition) is 2. The van der Waals surface area contributed by atoms with E-state index in [1.54, 1.807) is 10.9 Å². The van der Waals surface area contributed by atoms with E-state index < -0.39 is 12.3 Å². The second-order valence-electron chi connectivity index (χ2n) is 5.05. The van der Waals surface area contributed by atoms with E-state index in [9.17, 15) is 5.11 Å². The molecule has 0 saturated carbocycles. The molecule has 1 fully saturated rings.